The number of nitrogens with two attached hydrogens (primary N) is 2. The normalized spacial score (nSPS) is 10.6. The third-order valence-electron chi connectivity index (χ3n) is 1.81. The Bertz CT molecular complexity index is 363. The van der Waals surface area contributed by atoms with Crippen molar-refractivity contribution in [3.63, 3.8) is 0 Å². The number of hydrogen-bond acceptors (Lipinski definition) is 3. The zero-order chi connectivity index (χ0) is 11.6. The molecule has 2 amide bonds. The molecule has 1 rings (SSSR count). The van der Waals surface area contributed by atoms with Gasteiger partial charge in [0.2, 0.25) is 0 Å². The van der Waals surface area contributed by atoms with Gasteiger partial charge in [-0.3, -0.25) is 14.3 Å². The van der Waals surface area contributed by atoms with E-state index < -0.39 is 11.8 Å². The predicted octanol–water partition coefficient (Wildman–Crippen LogP) is -0.263. The van der Waals surface area contributed by atoms with E-state index in [9.17, 15) is 9.59 Å². The average Bonchev–Trinajstić information content (AvgIpc) is 2.46. The quantitative estimate of drug-likeness (QED) is 0.715. The van der Waals surface area contributed by atoms with Crippen LogP contribution in [0.2, 0.25) is 0 Å². The van der Waals surface area contributed by atoms with Crippen molar-refractivity contribution in [2.45, 2.75) is 20.4 Å². The first kappa shape index (κ1) is 11.2. The van der Waals surface area contributed by atoms with Crippen LogP contribution < -0.4 is 11.5 Å². The molecule has 6 heteroatoms. The summed E-state index contributed by atoms with van der Waals surface area (Å²) in [6.07, 6.45) is 1.45. The topological polar surface area (TPSA) is 104 Å². The van der Waals surface area contributed by atoms with Crippen molar-refractivity contribution < 1.29 is 9.59 Å². The van der Waals surface area contributed by atoms with Crippen LogP contribution in [-0.4, -0.2) is 21.6 Å². The molecule has 0 unspecified atom stereocenters. The molecule has 6 nitrogen and oxygen atoms in total. The molecule has 1 aromatic heterocycles. The van der Waals surface area contributed by atoms with Gasteiger partial charge in [-0.1, -0.05) is 13.8 Å². The zero-order valence-corrected chi connectivity index (χ0v) is 8.73. The van der Waals surface area contributed by atoms with Crippen LogP contribution in [-0.2, 0) is 6.54 Å². The fourth-order valence-electron chi connectivity index (χ4n) is 1.25. The molecule has 4 N–H and O–H groups in total. The number of rotatable bonds is 4. The molecule has 15 heavy (non-hydrogen) atoms. The van der Waals surface area contributed by atoms with Crippen LogP contribution in [0.5, 0.6) is 0 Å². The van der Waals surface area contributed by atoms with Crippen molar-refractivity contribution in [1.29, 1.82) is 0 Å². The Balaban J connectivity index is 3.09. The highest BCUT2D eigenvalue weighted by molar-refractivity contribution is 6.04. The molecule has 1 heterocycles. The van der Waals surface area contributed by atoms with Crippen molar-refractivity contribution in [2.75, 3.05) is 0 Å². The fraction of sp³-hybridized carbons (Fsp3) is 0.444. The lowest BCUT2D eigenvalue weighted by Crippen LogP contribution is -2.19. The van der Waals surface area contributed by atoms with Gasteiger partial charge in [-0.15, -0.1) is 0 Å². The monoisotopic (exact) mass is 210 g/mol. The van der Waals surface area contributed by atoms with Crippen molar-refractivity contribution in [3.8, 4) is 0 Å². The van der Waals surface area contributed by atoms with Gasteiger partial charge < -0.3 is 11.5 Å². The molecule has 0 aliphatic rings. The van der Waals surface area contributed by atoms with Crippen LogP contribution in [0.15, 0.2) is 6.20 Å². The van der Waals surface area contributed by atoms with E-state index in [1.165, 1.54) is 10.9 Å². The Morgan fingerprint density at radius 2 is 2.00 bits per heavy atom. The Morgan fingerprint density at radius 3 is 2.33 bits per heavy atom. The van der Waals surface area contributed by atoms with Crippen LogP contribution in [0.1, 0.15) is 34.7 Å². The fourth-order valence-corrected chi connectivity index (χ4v) is 1.25. The largest absolute Gasteiger partial charge is 0.365 e. The highest BCUT2D eigenvalue weighted by atomic mass is 16.2. The molecule has 82 valence electrons. The highest BCUT2D eigenvalue weighted by Gasteiger charge is 2.18. The first-order valence-electron chi connectivity index (χ1n) is 4.59. The Labute approximate surface area is 87.2 Å². The predicted molar refractivity (Wildman–Crippen MR) is 54.1 cm³/mol. The van der Waals surface area contributed by atoms with Gasteiger partial charge in [-0.2, -0.15) is 5.10 Å². The molecular formula is C9H14N4O2. The van der Waals surface area contributed by atoms with E-state index in [0.29, 0.717) is 12.5 Å². The van der Waals surface area contributed by atoms with Gasteiger partial charge in [0.1, 0.15) is 0 Å². The minimum Gasteiger partial charge on any atom is -0.365 e. The summed E-state index contributed by atoms with van der Waals surface area (Å²) in [5.74, 6) is -1.09. The standard InChI is InChI=1S/C9H14N4O2/c1-5(2)3-13-4-6(8(10)14)7(12-13)9(11)15/h4-5H,3H2,1-2H3,(H2,10,14)(H2,11,15). The second kappa shape index (κ2) is 4.12. The van der Waals surface area contributed by atoms with Crippen molar-refractivity contribution >= 4 is 11.8 Å². The molecule has 0 spiro atoms. The van der Waals surface area contributed by atoms with Gasteiger partial charge in [-0.25, -0.2) is 0 Å². The second-order valence-corrected chi connectivity index (χ2v) is 3.74. The third-order valence-corrected chi connectivity index (χ3v) is 1.81. The van der Waals surface area contributed by atoms with Crippen molar-refractivity contribution in [3.05, 3.63) is 17.5 Å². The summed E-state index contributed by atoms with van der Waals surface area (Å²) in [6, 6.07) is 0. The zero-order valence-electron chi connectivity index (χ0n) is 8.73. The van der Waals surface area contributed by atoms with E-state index in [1.807, 2.05) is 13.8 Å². The summed E-state index contributed by atoms with van der Waals surface area (Å²) in [6.45, 7) is 4.60. The lowest BCUT2D eigenvalue weighted by Gasteiger charge is -2.03. The Hall–Kier alpha value is -1.85. The van der Waals surface area contributed by atoms with Gasteiger partial charge in [0.25, 0.3) is 11.8 Å². The number of hydrogen-bond donors (Lipinski definition) is 2. The Morgan fingerprint density at radius 1 is 1.40 bits per heavy atom. The molecule has 0 radical (unpaired) electrons. The van der Waals surface area contributed by atoms with Crippen LogP contribution in [0.3, 0.4) is 0 Å². The van der Waals surface area contributed by atoms with Gasteiger partial charge >= 0.3 is 0 Å². The van der Waals surface area contributed by atoms with Crippen molar-refractivity contribution in [2.24, 2.45) is 17.4 Å². The van der Waals surface area contributed by atoms with Crippen molar-refractivity contribution in [1.82, 2.24) is 9.78 Å². The summed E-state index contributed by atoms with van der Waals surface area (Å²) in [5.41, 5.74) is 10.2. The summed E-state index contributed by atoms with van der Waals surface area (Å²) >= 11 is 0. The highest BCUT2D eigenvalue weighted by Crippen LogP contribution is 2.07. The van der Waals surface area contributed by atoms with Gasteiger partial charge in [0, 0.05) is 12.7 Å². The van der Waals surface area contributed by atoms with Crippen LogP contribution in [0.4, 0.5) is 0 Å². The van der Waals surface area contributed by atoms with Gasteiger partial charge in [0.05, 0.1) is 5.56 Å². The van der Waals surface area contributed by atoms with E-state index in [4.69, 9.17) is 11.5 Å². The lowest BCUT2D eigenvalue weighted by atomic mass is 10.2. The van der Waals surface area contributed by atoms with E-state index >= 15 is 0 Å². The van der Waals surface area contributed by atoms with Crippen LogP contribution >= 0.6 is 0 Å². The molecule has 0 atom stereocenters. The summed E-state index contributed by atoms with van der Waals surface area (Å²) < 4.78 is 1.50. The molecule has 0 saturated carbocycles. The molecule has 1 aromatic rings. The first-order valence-corrected chi connectivity index (χ1v) is 4.59. The number of amides is 2. The molecule has 0 saturated heterocycles. The summed E-state index contributed by atoms with van der Waals surface area (Å²) in [4.78, 5) is 22.0. The van der Waals surface area contributed by atoms with Crippen LogP contribution in [0.25, 0.3) is 0 Å². The number of aromatic nitrogens is 2. The lowest BCUT2D eigenvalue weighted by molar-refractivity contribution is 0.0965. The average molecular weight is 210 g/mol. The SMILES string of the molecule is CC(C)Cn1cc(C(N)=O)c(C(N)=O)n1. The van der Waals surface area contributed by atoms with E-state index in [1.54, 1.807) is 0 Å². The minimum atomic E-state index is -0.744. The molecule has 0 aromatic carbocycles. The number of carbonyl (C=O) groups is 2. The third kappa shape index (κ3) is 2.55. The molecular weight excluding hydrogens is 196 g/mol. The minimum absolute atomic E-state index is 0.0665. The molecule has 0 aliphatic carbocycles. The van der Waals surface area contributed by atoms with E-state index in [-0.39, 0.29) is 11.3 Å². The molecule has 0 fully saturated rings. The number of primary amides is 2. The second-order valence-electron chi connectivity index (χ2n) is 3.74. The Kier molecular flexibility index (Phi) is 3.08. The van der Waals surface area contributed by atoms with Gasteiger partial charge in [0.15, 0.2) is 5.69 Å². The molecule has 0 aliphatic heterocycles. The number of nitrogens with zero attached hydrogens (tertiary/aromatic N) is 2. The maximum atomic E-state index is 11.0. The van der Waals surface area contributed by atoms with Crippen LogP contribution in [0, 0.1) is 5.92 Å². The molecule has 0 bridgehead atoms. The summed E-state index contributed by atoms with van der Waals surface area (Å²) in [7, 11) is 0. The van der Waals surface area contributed by atoms with Gasteiger partial charge in [-0.05, 0) is 5.92 Å². The smallest absolute Gasteiger partial charge is 0.270 e. The maximum Gasteiger partial charge on any atom is 0.270 e. The van der Waals surface area contributed by atoms with E-state index in [0.717, 1.165) is 0 Å². The first-order chi connectivity index (χ1) is 6.91. The van der Waals surface area contributed by atoms with E-state index in [2.05, 4.69) is 5.10 Å². The number of carbonyl (C=O) groups excluding carboxylic acids is 2. The maximum absolute atomic E-state index is 11.0. The summed E-state index contributed by atoms with van der Waals surface area (Å²) in [5, 5.41) is 3.91.